The molecule has 0 aliphatic carbocycles. The molecule has 1 N–H and O–H groups in total. The molecule has 4 rings (SSSR count). The Balaban J connectivity index is 1.71. The van der Waals surface area contributed by atoms with Crippen LogP contribution in [0.2, 0.25) is 0 Å². The zero-order chi connectivity index (χ0) is 20.2. The predicted molar refractivity (Wildman–Crippen MR) is 121 cm³/mol. The monoisotopic (exact) mass is 443 g/mol. The number of amides is 1. The highest BCUT2D eigenvalue weighted by molar-refractivity contribution is 9.10. The van der Waals surface area contributed by atoms with E-state index in [1.165, 1.54) is 0 Å². The Labute approximate surface area is 177 Å². The van der Waals surface area contributed by atoms with E-state index in [4.69, 9.17) is 4.98 Å². The molecule has 4 nitrogen and oxygen atoms in total. The lowest BCUT2D eigenvalue weighted by Crippen LogP contribution is -2.20. The van der Waals surface area contributed by atoms with Gasteiger partial charge in [0.05, 0.1) is 22.5 Å². The second-order valence-electron chi connectivity index (χ2n) is 6.59. The molecular formula is C24H18BrN3O. The molecule has 1 heterocycles. The summed E-state index contributed by atoms with van der Waals surface area (Å²) in [5, 5.41) is 5.09. The number of fused-ring (bicyclic) bond motifs is 1. The zero-order valence-corrected chi connectivity index (χ0v) is 17.3. The first kappa shape index (κ1) is 19.0. The van der Waals surface area contributed by atoms with E-state index < -0.39 is 0 Å². The number of carbonyl (C=O) groups excluding carboxylic acids is 1. The fourth-order valence-electron chi connectivity index (χ4n) is 3.09. The highest BCUT2D eigenvalue weighted by Crippen LogP contribution is 2.24. The van der Waals surface area contributed by atoms with Gasteiger partial charge in [-0.25, -0.2) is 10.4 Å². The molecule has 0 aliphatic rings. The summed E-state index contributed by atoms with van der Waals surface area (Å²) in [7, 11) is 0. The lowest BCUT2D eigenvalue weighted by molar-refractivity contribution is 0.0956. The summed E-state index contributed by atoms with van der Waals surface area (Å²) in [6, 6.07) is 27.1. The van der Waals surface area contributed by atoms with E-state index >= 15 is 0 Å². The Bertz CT molecular complexity index is 1220. The molecule has 142 valence electrons. The third-order valence-corrected chi connectivity index (χ3v) is 5.09. The molecule has 0 spiro atoms. The van der Waals surface area contributed by atoms with Gasteiger partial charge in [0, 0.05) is 15.4 Å². The number of carbonyl (C=O) groups is 1. The van der Waals surface area contributed by atoms with Gasteiger partial charge in [0.15, 0.2) is 0 Å². The van der Waals surface area contributed by atoms with E-state index in [2.05, 4.69) is 26.5 Å². The largest absolute Gasteiger partial charge is 0.272 e. The summed E-state index contributed by atoms with van der Waals surface area (Å²) in [5.74, 6) is -0.268. The minimum atomic E-state index is -0.268. The van der Waals surface area contributed by atoms with Gasteiger partial charge in [0.25, 0.3) is 5.91 Å². The number of nitrogens with one attached hydrogen (secondary N) is 1. The molecule has 0 unspecified atom stereocenters. The van der Waals surface area contributed by atoms with E-state index in [0.717, 1.165) is 37.9 Å². The predicted octanol–water partition coefficient (Wildman–Crippen LogP) is 5.82. The number of hydrogen-bond donors (Lipinski definition) is 1. The van der Waals surface area contributed by atoms with Crippen LogP contribution in [0.5, 0.6) is 0 Å². The van der Waals surface area contributed by atoms with Gasteiger partial charge in [0.1, 0.15) is 0 Å². The first-order chi connectivity index (χ1) is 14.1. The third kappa shape index (κ3) is 4.25. The normalized spacial score (nSPS) is 11.4. The molecule has 0 saturated carbocycles. The van der Waals surface area contributed by atoms with Crippen LogP contribution < -0.4 is 5.43 Å². The Kier molecular flexibility index (Phi) is 5.49. The minimum absolute atomic E-state index is 0.268. The smallest absolute Gasteiger partial charge is 0.267 e. The molecule has 0 aliphatic heterocycles. The van der Waals surface area contributed by atoms with Gasteiger partial charge < -0.3 is 0 Å². The summed E-state index contributed by atoms with van der Waals surface area (Å²) < 4.78 is 0.962. The number of hydrazone groups is 1. The first-order valence-electron chi connectivity index (χ1n) is 9.17. The molecule has 29 heavy (non-hydrogen) atoms. The van der Waals surface area contributed by atoms with E-state index in [9.17, 15) is 4.79 Å². The molecule has 3 aromatic carbocycles. The van der Waals surface area contributed by atoms with Crippen molar-refractivity contribution in [3.05, 3.63) is 101 Å². The van der Waals surface area contributed by atoms with Crippen molar-refractivity contribution < 1.29 is 4.79 Å². The molecule has 0 bridgehead atoms. The van der Waals surface area contributed by atoms with Crippen molar-refractivity contribution in [3.63, 3.8) is 0 Å². The molecule has 0 radical (unpaired) electrons. The number of halogens is 1. The molecule has 1 aromatic heterocycles. The summed E-state index contributed by atoms with van der Waals surface area (Å²) in [5.41, 5.74) is 7.37. The van der Waals surface area contributed by atoms with Crippen molar-refractivity contribution in [2.45, 2.75) is 6.92 Å². The molecule has 5 heteroatoms. The van der Waals surface area contributed by atoms with Crippen molar-refractivity contribution in [2.75, 3.05) is 0 Å². The molecule has 0 saturated heterocycles. The van der Waals surface area contributed by atoms with Crippen LogP contribution in [0.1, 0.15) is 22.8 Å². The van der Waals surface area contributed by atoms with Crippen LogP contribution in [0.15, 0.2) is 94.5 Å². The van der Waals surface area contributed by atoms with Gasteiger partial charge in [-0.2, -0.15) is 5.10 Å². The highest BCUT2D eigenvalue weighted by Gasteiger charge is 2.13. The quantitative estimate of drug-likeness (QED) is 0.319. The van der Waals surface area contributed by atoms with Gasteiger partial charge in [0.2, 0.25) is 0 Å². The second kappa shape index (κ2) is 8.37. The van der Waals surface area contributed by atoms with E-state index in [1.807, 2.05) is 91.9 Å². The number of nitrogens with zero attached hydrogens (tertiary/aromatic N) is 2. The fourth-order valence-corrected chi connectivity index (χ4v) is 3.49. The summed E-state index contributed by atoms with van der Waals surface area (Å²) >= 11 is 3.46. The van der Waals surface area contributed by atoms with Crippen LogP contribution in [0.3, 0.4) is 0 Å². The zero-order valence-electron chi connectivity index (χ0n) is 15.8. The maximum atomic E-state index is 13.0. The van der Waals surface area contributed by atoms with Crippen molar-refractivity contribution in [1.29, 1.82) is 0 Å². The molecule has 0 fully saturated rings. The summed E-state index contributed by atoms with van der Waals surface area (Å²) in [6.07, 6.45) is 0. The van der Waals surface area contributed by atoms with Gasteiger partial charge in [-0.15, -0.1) is 0 Å². The van der Waals surface area contributed by atoms with Crippen molar-refractivity contribution in [2.24, 2.45) is 5.10 Å². The van der Waals surface area contributed by atoms with Crippen molar-refractivity contribution in [3.8, 4) is 11.3 Å². The SMILES string of the molecule is CC(=NNC(=O)c1cc(-c2ccccc2)nc2ccccc12)c1cccc(Br)c1. The van der Waals surface area contributed by atoms with E-state index in [-0.39, 0.29) is 5.91 Å². The van der Waals surface area contributed by atoms with Crippen LogP contribution in [0, 0.1) is 0 Å². The van der Waals surface area contributed by atoms with Crippen LogP contribution >= 0.6 is 15.9 Å². The molecular weight excluding hydrogens is 426 g/mol. The van der Waals surface area contributed by atoms with Crippen molar-refractivity contribution >= 4 is 38.5 Å². The van der Waals surface area contributed by atoms with Crippen LogP contribution in [-0.4, -0.2) is 16.6 Å². The number of rotatable bonds is 4. The highest BCUT2D eigenvalue weighted by atomic mass is 79.9. The number of pyridine rings is 1. The van der Waals surface area contributed by atoms with Gasteiger partial charge in [-0.3, -0.25) is 4.79 Å². The summed E-state index contributed by atoms with van der Waals surface area (Å²) in [6.45, 7) is 1.86. The Morgan fingerprint density at radius 1 is 0.931 bits per heavy atom. The average Bonchev–Trinajstić information content (AvgIpc) is 2.77. The Morgan fingerprint density at radius 2 is 1.69 bits per heavy atom. The number of aromatic nitrogens is 1. The van der Waals surface area contributed by atoms with Crippen LogP contribution in [0.25, 0.3) is 22.2 Å². The lowest BCUT2D eigenvalue weighted by atomic mass is 10.0. The lowest BCUT2D eigenvalue weighted by Gasteiger charge is -2.09. The Morgan fingerprint density at radius 3 is 2.48 bits per heavy atom. The van der Waals surface area contributed by atoms with Crippen molar-refractivity contribution in [1.82, 2.24) is 10.4 Å². The second-order valence-corrected chi connectivity index (χ2v) is 7.50. The topological polar surface area (TPSA) is 54.4 Å². The van der Waals surface area contributed by atoms with E-state index in [0.29, 0.717) is 5.56 Å². The fraction of sp³-hybridized carbons (Fsp3) is 0.0417. The standard InChI is InChI=1S/C24H18BrN3O/c1-16(18-10-7-11-19(25)14-18)27-28-24(29)21-15-23(17-8-3-2-4-9-17)26-22-13-6-5-12-20(21)22/h2-15H,1H3,(H,28,29). The number of benzene rings is 3. The molecule has 1 amide bonds. The first-order valence-corrected chi connectivity index (χ1v) is 9.97. The molecule has 4 aromatic rings. The van der Waals surface area contributed by atoms with E-state index in [1.54, 1.807) is 0 Å². The minimum Gasteiger partial charge on any atom is -0.267 e. The average molecular weight is 444 g/mol. The van der Waals surface area contributed by atoms with Gasteiger partial charge >= 0.3 is 0 Å². The van der Waals surface area contributed by atoms with Crippen LogP contribution in [-0.2, 0) is 0 Å². The number of hydrogen-bond acceptors (Lipinski definition) is 3. The van der Waals surface area contributed by atoms with Gasteiger partial charge in [-0.1, -0.05) is 76.6 Å². The third-order valence-electron chi connectivity index (χ3n) is 4.60. The summed E-state index contributed by atoms with van der Waals surface area (Å²) in [4.78, 5) is 17.7. The van der Waals surface area contributed by atoms with Crippen LogP contribution in [0.4, 0.5) is 0 Å². The number of para-hydroxylation sites is 1. The molecule has 0 atom stereocenters. The maximum absolute atomic E-state index is 13.0. The van der Waals surface area contributed by atoms with Gasteiger partial charge in [-0.05, 0) is 36.8 Å². The maximum Gasteiger partial charge on any atom is 0.272 e. The Hall–Kier alpha value is -3.31.